The lowest BCUT2D eigenvalue weighted by molar-refractivity contribution is -0.124. The third kappa shape index (κ3) is 7.10. The molecule has 2 fully saturated rings. The average Bonchev–Trinajstić information content (AvgIpc) is 3.29. The Balaban J connectivity index is 1.61. The fourth-order valence-corrected chi connectivity index (χ4v) is 5.98. The van der Waals surface area contributed by atoms with Crippen LogP contribution in [-0.4, -0.2) is 39.1 Å². The second-order valence-corrected chi connectivity index (χ2v) is 12.4. The number of carbonyl (C=O) groups is 2. The van der Waals surface area contributed by atoms with E-state index in [1.165, 1.54) is 0 Å². The van der Waals surface area contributed by atoms with E-state index in [9.17, 15) is 14.7 Å². The zero-order valence-corrected chi connectivity index (χ0v) is 23.0. The Kier molecular flexibility index (Phi) is 8.53. The molecule has 0 saturated heterocycles. The van der Waals surface area contributed by atoms with E-state index < -0.39 is 5.97 Å². The van der Waals surface area contributed by atoms with Gasteiger partial charge in [-0.2, -0.15) is 0 Å². The van der Waals surface area contributed by atoms with Gasteiger partial charge in [-0.15, -0.1) is 11.3 Å². The van der Waals surface area contributed by atoms with E-state index in [2.05, 4.69) is 28.7 Å². The van der Waals surface area contributed by atoms with Gasteiger partial charge in [-0.3, -0.25) is 4.79 Å². The number of aromatic carboxylic acids is 1. The van der Waals surface area contributed by atoms with Crippen LogP contribution in [0, 0.1) is 29.1 Å². The minimum atomic E-state index is -1.02. The topological polar surface area (TPSA) is 92.6 Å². The van der Waals surface area contributed by atoms with Crippen LogP contribution in [0.3, 0.4) is 0 Å². The Morgan fingerprint density at radius 3 is 2.30 bits per heavy atom. The van der Waals surface area contributed by atoms with E-state index in [-0.39, 0.29) is 34.3 Å². The Morgan fingerprint density at radius 1 is 1.05 bits per heavy atom. The van der Waals surface area contributed by atoms with Crippen molar-refractivity contribution < 1.29 is 19.4 Å². The van der Waals surface area contributed by atoms with E-state index in [0.717, 1.165) is 62.7 Å². The van der Waals surface area contributed by atoms with Crippen LogP contribution in [0.15, 0.2) is 24.5 Å². The molecule has 8 heteroatoms. The summed E-state index contributed by atoms with van der Waals surface area (Å²) in [6.45, 7) is 8.30. The molecule has 0 bridgehead atoms. The number of carbonyl (C=O) groups excluding carboxylic acids is 1. The number of carboxylic acid groups (broad SMARTS) is 1. The third-order valence-corrected chi connectivity index (χ3v) is 8.18. The summed E-state index contributed by atoms with van der Waals surface area (Å²) in [5.74, 6) is 5.94. The summed E-state index contributed by atoms with van der Waals surface area (Å²) in [4.78, 5) is 37.3. The predicted molar refractivity (Wildman–Crippen MR) is 145 cm³/mol. The van der Waals surface area contributed by atoms with Gasteiger partial charge >= 0.3 is 12.0 Å². The first-order valence-corrected chi connectivity index (χ1v) is 14.1. The molecular formula is C29H37N3O4S. The maximum absolute atomic E-state index is 14.0. The van der Waals surface area contributed by atoms with E-state index in [4.69, 9.17) is 4.74 Å². The number of ether oxygens (including phenoxy) is 1. The molecule has 2 saturated carbocycles. The van der Waals surface area contributed by atoms with Crippen molar-refractivity contribution in [2.75, 3.05) is 4.90 Å². The molecule has 2 aromatic rings. The van der Waals surface area contributed by atoms with E-state index in [1.807, 2.05) is 31.7 Å². The fourth-order valence-electron chi connectivity index (χ4n) is 5.14. The summed E-state index contributed by atoms with van der Waals surface area (Å²) in [5, 5.41) is 10.1. The average molecular weight is 524 g/mol. The van der Waals surface area contributed by atoms with Gasteiger partial charge in [-0.25, -0.2) is 14.8 Å². The Labute approximate surface area is 223 Å². The molecule has 4 rings (SSSR count). The molecule has 0 radical (unpaired) electrons. The van der Waals surface area contributed by atoms with Gasteiger partial charge in [0.1, 0.15) is 11.0 Å². The summed E-state index contributed by atoms with van der Waals surface area (Å²) in [6.07, 6.45) is 9.99. The van der Waals surface area contributed by atoms with Crippen molar-refractivity contribution in [1.82, 2.24) is 9.97 Å². The zero-order chi connectivity index (χ0) is 26.6. The van der Waals surface area contributed by atoms with E-state index in [1.54, 1.807) is 18.5 Å². The lowest BCUT2D eigenvalue weighted by Gasteiger charge is -2.39. The molecule has 1 N–H and O–H groups in total. The van der Waals surface area contributed by atoms with E-state index in [0.29, 0.717) is 22.5 Å². The largest absolute Gasteiger partial charge is 0.477 e. The molecule has 1 amide bonds. The Morgan fingerprint density at radius 2 is 1.70 bits per heavy atom. The molecule has 7 nitrogen and oxygen atoms in total. The molecule has 2 aromatic heterocycles. The number of hydrogen-bond acceptors (Lipinski definition) is 6. The Hall–Kier alpha value is -2.92. The van der Waals surface area contributed by atoms with Crippen molar-refractivity contribution >= 4 is 28.9 Å². The molecule has 0 aliphatic heterocycles. The number of amides is 1. The molecule has 0 atom stereocenters. The van der Waals surface area contributed by atoms with Crippen LogP contribution in [-0.2, 0) is 4.79 Å². The maximum Gasteiger partial charge on any atom is 0.348 e. The fraction of sp³-hybridized carbons (Fsp3) is 0.586. The van der Waals surface area contributed by atoms with Crippen molar-refractivity contribution in [2.45, 2.75) is 91.2 Å². The molecule has 198 valence electrons. The quantitative estimate of drug-likeness (QED) is 0.454. The van der Waals surface area contributed by atoms with Crippen LogP contribution in [0.25, 0.3) is 0 Å². The van der Waals surface area contributed by atoms with Crippen molar-refractivity contribution in [3.05, 3.63) is 34.3 Å². The monoisotopic (exact) mass is 523 g/mol. The lowest BCUT2D eigenvalue weighted by Crippen LogP contribution is -2.47. The third-order valence-electron chi connectivity index (χ3n) is 7.15. The SMILES string of the molecule is CC(C)(C)C#Cc1cc(N(C(=O)[C@H]2CC[C@H](C)CC2)[C@H]2CC[C@H](Oc3ncccn3)CC2)c(C(=O)O)s1. The summed E-state index contributed by atoms with van der Waals surface area (Å²) >= 11 is 1.16. The van der Waals surface area contributed by atoms with Crippen LogP contribution in [0.5, 0.6) is 6.01 Å². The first-order chi connectivity index (χ1) is 17.6. The summed E-state index contributed by atoms with van der Waals surface area (Å²) in [5.41, 5.74) is 0.290. The molecule has 37 heavy (non-hydrogen) atoms. The van der Waals surface area contributed by atoms with Gasteiger partial charge in [0.05, 0.1) is 10.6 Å². The van der Waals surface area contributed by atoms with Gasteiger partial charge in [-0.05, 0) is 90.2 Å². The molecule has 2 aliphatic carbocycles. The van der Waals surface area contributed by atoms with Crippen molar-refractivity contribution in [2.24, 2.45) is 17.3 Å². The summed E-state index contributed by atoms with van der Waals surface area (Å²) in [7, 11) is 0. The lowest BCUT2D eigenvalue weighted by atomic mass is 9.81. The highest BCUT2D eigenvalue weighted by Crippen LogP contribution is 2.39. The number of nitrogens with zero attached hydrogens (tertiary/aromatic N) is 3. The standard InChI is InChI=1S/C29H37N3O4S/c1-19-6-8-20(9-7-19)26(33)32(21-10-12-22(13-11-21)36-28-30-16-5-17-31-28)24-18-23(14-15-29(2,3)4)37-25(24)27(34)35/h5,16-22H,6-13H2,1-4H3,(H,34,35)/t19-,20-,21-,22-. The van der Waals surface area contributed by atoms with Gasteiger partial charge < -0.3 is 14.7 Å². The normalized spacial score (nSPS) is 24.0. The number of rotatable bonds is 6. The second-order valence-electron chi connectivity index (χ2n) is 11.4. The van der Waals surface area contributed by atoms with Crippen molar-refractivity contribution in [3.63, 3.8) is 0 Å². The van der Waals surface area contributed by atoms with Crippen LogP contribution < -0.4 is 9.64 Å². The first kappa shape index (κ1) is 27.1. The molecule has 2 aliphatic rings. The molecule has 2 heterocycles. The minimum absolute atomic E-state index is 0.0271. The zero-order valence-electron chi connectivity index (χ0n) is 22.2. The number of thiophene rings is 1. The van der Waals surface area contributed by atoms with Gasteiger partial charge in [0.25, 0.3) is 0 Å². The predicted octanol–water partition coefficient (Wildman–Crippen LogP) is 6.18. The van der Waals surface area contributed by atoms with Crippen LogP contribution in [0.2, 0.25) is 0 Å². The second kappa shape index (κ2) is 11.6. The highest BCUT2D eigenvalue weighted by atomic mass is 32.1. The number of anilines is 1. The summed E-state index contributed by atoms with van der Waals surface area (Å²) in [6, 6.07) is 3.85. The molecule has 0 aromatic carbocycles. The van der Waals surface area contributed by atoms with Crippen molar-refractivity contribution in [1.29, 1.82) is 0 Å². The van der Waals surface area contributed by atoms with Gasteiger partial charge in [0, 0.05) is 29.8 Å². The van der Waals surface area contributed by atoms with Crippen LogP contribution in [0.1, 0.15) is 93.6 Å². The highest BCUT2D eigenvalue weighted by Gasteiger charge is 2.38. The Bertz CT molecular complexity index is 1150. The molecule has 0 spiro atoms. The van der Waals surface area contributed by atoms with Crippen LogP contribution >= 0.6 is 11.3 Å². The van der Waals surface area contributed by atoms with Gasteiger partial charge in [0.15, 0.2) is 0 Å². The van der Waals surface area contributed by atoms with Gasteiger partial charge in [0.2, 0.25) is 5.91 Å². The molecule has 0 unspecified atom stereocenters. The minimum Gasteiger partial charge on any atom is -0.477 e. The number of hydrogen-bond donors (Lipinski definition) is 1. The number of aromatic nitrogens is 2. The highest BCUT2D eigenvalue weighted by molar-refractivity contribution is 7.15. The van der Waals surface area contributed by atoms with Crippen molar-refractivity contribution in [3.8, 4) is 17.9 Å². The smallest absolute Gasteiger partial charge is 0.348 e. The maximum atomic E-state index is 14.0. The van der Waals surface area contributed by atoms with Gasteiger partial charge in [-0.1, -0.05) is 18.8 Å². The first-order valence-electron chi connectivity index (χ1n) is 13.3. The molecular weight excluding hydrogens is 486 g/mol. The van der Waals surface area contributed by atoms with E-state index >= 15 is 0 Å². The summed E-state index contributed by atoms with van der Waals surface area (Å²) < 4.78 is 5.97. The van der Waals surface area contributed by atoms with Crippen LogP contribution in [0.4, 0.5) is 5.69 Å². The number of carboxylic acids is 1.